The van der Waals surface area contributed by atoms with E-state index >= 15 is 0 Å². The Labute approximate surface area is 141 Å². The highest BCUT2D eigenvalue weighted by molar-refractivity contribution is 5.67. The van der Waals surface area contributed by atoms with Crippen LogP contribution in [0.5, 0.6) is 5.75 Å². The summed E-state index contributed by atoms with van der Waals surface area (Å²) in [6.07, 6.45) is 0. The van der Waals surface area contributed by atoms with Gasteiger partial charge in [0, 0.05) is 12.1 Å². The summed E-state index contributed by atoms with van der Waals surface area (Å²) < 4.78 is 18.2. The minimum Gasteiger partial charge on any atom is -0.496 e. The molecule has 9 heteroatoms. The quantitative estimate of drug-likeness (QED) is 0.542. The minimum atomic E-state index is -0.647. The molecule has 0 saturated carbocycles. The van der Waals surface area contributed by atoms with Crippen molar-refractivity contribution in [1.29, 1.82) is 0 Å². The monoisotopic (exact) mass is 343 g/mol. The van der Waals surface area contributed by atoms with Crippen LogP contribution < -0.4 is 10.5 Å². The van der Waals surface area contributed by atoms with Crippen molar-refractivity contribution in [3.05, 3.63) is 69.8 Å². The number of benzene rings is 2. The topological polar surface area (TPSA) is 120 Å². The number of ether oxygens (including phenoxy) is 1. The Morgan fingerprint density at radius 2 is 2.00 bits per heavy atom. The van der Waals surface area contributed by atoms with Gasteiger partial charge in [0.05, 0.1) is 23.6 Å². The van der Waals surface area contributed by atoms with Crippen molar-refractivity contribution in [2.45, 2.75) is 6.04 Å². The van der Waals surface area contributed by atoms with Crippen molar-refractivity contribution in [3.63, 3.8) is 0 Å². The number of halogens is 1. The van der Waals surface area contributed by atoms with Crippen molar-refractivity contribution in [3.8, 4) is 17.1 Å². The Kier molecular flexibility index (Phi) is 4.40. The number of hydrogen-bond donors (Lipinski definition) is 2. The molecule has 3 rings (SSSR count). The molecule has 0 aliphatic rings. The third kappa shape index (κ3) is 3.31. The first-order valence-corrected chi connectivity index (χ1v) is 7.25. The average molecular weight is 343 g/mol. The molecule has 0 amide bonds. The summed E-state index contributed by atoms with van der Waals surface area (Å²) in [6.45, 7) is 0. The molecule has 25 heavy (non-hydrogen) atoms. The number of H-pyrrole nitrogens is 1. The molecule has 0 bridgehead atoms. The average Bonchev–Trinajstić information content (AvgIpc) is 3.11. The smallest absolute Gasteiger partial charge is 0.270 e. The van der Waals surface area contributed by atoms with Crippen LogP contribution in [-0.4, -0.2) is 27.2 Å². The van der Waals surface area contributed by atoms with Crippen LogP contribution in [0.2, 0.25) is 0 Å². The van der Waals surface area contributed by atoms with Crippen LogP contribution in [0, 0.1) is 15.9 Å². The number of rotatable bonds is 5. The predicted octanol–water partition coefficient (Wildman–Crippen LogP) is 2.58. The van der Waals surface area contributed by atoms with E-state index in [0.717, 1.165) is 0 Å². The fourth-order valence-corrected chi connectivity index (χ4v) is 2.35. The highest BCUT2D eigenvalue weighted by atomic mass is 19.1. The summed E-state index contributed by atoms with van der Waals surface area (Å²) in [5.74, 6) is 0.588. The van der Waals surface area contributed by atoms with Crippen LogP contribution in [0.15, 0.2) is 42.5 Å². The van der Waals surface area contributed by atoms with Gasteiger partial charge in [0.2, 0.25) is 0 Å². The van der Waals surface area contributed by atoms with Gasteiger partial charge in [0.25, 0.3) is 5.69 Å². The maximum atomic E-state index is 13.0. The fraction of sp³-hybridized carbons (Fsp3) is 0.125. The standard InChI is InChI=1S/C16H14FN5O3/c1-25-13-7-6-11(22(23)24)8-12(13)15-19-16(21-20-15)14(18)9-2-4-10(17)5-3-9/h2-8,14H,18H2,1H3,(H,19,20,21)/t14-/m1/s1. The molecule has 0 spiro atoms. The van der Waals surface area contributed by atoms with Crippen LogP contribution >= 0.6 is 0 Å². The number of nitro groups is 1. The van der Waals surface area contributed by atoms with E-state index in [9.17, 15) is 14.5 Å². The molecule has 1 aromatic heterocycles. The molecular weight excluding hydrogens is 329 g/mol. The van der Waals surface area contributed by atoms with Gasteiger partial charge >= 0.3 is 0 Å². The van der Waals surface area contributed by atoms with E-state index in [-0.39, 0.29) is 17.3 Å². The van der Waals surface area contributed by atoms with Gasteiger partial charge in [0.1, 0.15) is 17.4 Å². The number of nitrogens with one attached hydrogen (secondary N) is 1. The number of nitro benzene ring substituents is 1. The van der Waals surface area contributed by atoms with Gasteiger partial charge in [0.15, 0.2) is 5.82 Å². The SMILES string of the molecule is COc1ccc([N+](=O)[O-])cc1-c1n[nH]c([C@H](N)c2ccc(F)cc2)n1. The molecule has 0 unspecified atom stereocenters. The van der Waals surface area contributed by atoms with Gasteiger partial charge in [-0.15, -0.1) is 0 Å². The van der Waals surface area contributed by atoms with Crippen molar-refractivity contribution in [2.24, 2.45) is 5.73 Å². The van der Waals surface area contributed by atoms with E-state index in [0.29, 0.717) is 22.7 Å². The van der Waals surface area contributed by atoms with Gasteiger partial charge in [-0.1, -0.05) is 12.1 Å². The summed E-state index contributed by atoms with van der Waals surface area (Å²) in [5.41, 5.74) is 7.02. The van der Waals surface area contributed by atoms with Crippen molar-refractivity contribution in [2.75, 3.05) is 7.11 Å². The molecule has 1 atom stereocenters. The van der Waals surface area contributed by atoms with Gasteiger partial charge in [-0.2, -0.15) is 5.10 Å². The van der Waals surface area contributed by atoms with Crippen LogP contribution in [0.3, 0.4) is 0 Å². The molecule has 0 saturated heterocycles. The number of hydrogen-bond acceptors (Lipinski definition) is 6. The Bertz CT molecular complexity index is 910. The van der Waals surface area contributed by atoms with Crippen molar-refractivity contribution in [1.82, 2.24) is 15.2 Å². The Hall–Kier alpha value is -3.33. The van der Waals surface area contributed by atoms with Crippen LogP contribution in [-0.2, 0) is 0 Å². The summed E-state index contributed by atoms with van der Waals surface area (Å²) in [4.78, 5) is 14.8. The highest BCUT2D eigenvalue weighted by Gasteiger charge is 2.19. The molecule has 3 aromatic rings. The fourth-order valence-electron chi connectivity index (χ4n) is 2.35. The zero-order valence-electron chi connectivity index (χ0n) is 13.1. The normalized spacial score (nSPS) is 12.0. The second kappa shape index (κ2) is 6.65. The second-order valence-corrected chi connectivity index (χ2v) is 5.22. The lowest BCUT2D eigenvalue weighted by Gasteiger charge is -2.08. The summed E-state index contributed by atoms with van der Waals surface area (Å²) >= 11 is 0. The highest BCUT2D eigenvalue weighted by Crippen LogP contribution is 2.31. The maximum Gasteiger partial charge on any atom is 0.270 e. The summed E-state index contributed by atoms with van der Waals surface area (Å²) in [6, 6.07) is 9.20. The van der Waals surface area contributed by atoms with Crippen LogP contribution in [0.4, 0.5) is 10.1 Å². The molecule has 1 heterocycles. The first kappa shape index (κ1) is 16.5. The van der Waals surface area contributed by atoms with Gasteiger partial charge in [-0.05, 0) is 23.8 Å². The van der Waals surface area contributed by atoms with Crippen molar-refractivity contribution >= 4 is 5.69 Å². The number of methoxy groups -OCH3 is 1. The van der Waals surface area contributed by atoms with E-state index < -0.39 is 11.0 Å². The second-order valence-electron chi connectivity index (χ2n) is 5.22. The van der Waals surface area contributed by atoms with Crippen LogP contribution in [0.1, 0.15) is 17.4 Å². The number of nitrogens with two attached hydrogens (primary N) is 1. The largest absolute Gasteiger partial charge is 0.496 e. The molecule has 0 aliphatic carbocycles. The lowest BCUT2D eigenvalue weighted by molar-refractivity contribution is -0.384. The van der Waals surface area contributed by atoms with Crippen molar-refractivity contribution < 1.29 is 14.1 Å². The van der Waals surface area contributed by atoms with E-state index in [2.05, 4.69) is 15.2 Å². The van der Waals surface area contributed by atoms with Gasteiger partial charge in [-0.3, -0.25) is 15.2 Å². The van der Waals surface area contributed by atoms with E-state index in [4.69, 9.17) is 10.5 Å². The lowest BCUT2D eigenvalue weighted by Crippen LogP contribution is -2.13. The Morgan fingerprint density at radius 1 is 1.28 bits per heavy atom. The molecule has 3 N–H and O–H groups in total. The molecular formula is C16H14FN5O3. The molecule has 2 aromatic carbocycles. The molecule has 8 nitrogen and oxygen atoms in total. The zero-order valence-corrected chi connectivity index (χ0v) is 13.1. The molecule has 0 fully saturated rings. The van der Waals surface area contributed by atoms with Gasteiger partial charge in [-0.25, -0.2) is 9.37 Å². The van der Waals surface area contributed by atoms with Crippen LogP contribution in [0.25, 0.3) is 11.4 Å². The first-order chi connectivity index (χ1) is 12.0. The lowest BCUT2D eigenvalue weighted by atomic mass is 10.1. The van der Waals surface area contributed by atoms with E-state index in [1.54, 1.807) is 12.1 Å². The zero-order chi connectivity index (χ0) is 18.0. The number of nitrogens with zero attached hydrogens (tertiary/aromatic N) is 3. The predicted molar refractivity (Wildman–Crippen MR) is 87.5 cm³/mol. The minimum absolute atomic E-state index is 0.106. The summed E-state index contributed by atoms with van der Waals surface area (Å²) in [7, 11) is 1.45. The third-order valence-electron chi connectivity index (χ3n) is 3.66. The number of non-ortho nitro benzene ring substituents is 1. The first-order valence-electron chi connectivity index (χ1n) is 7.25. The Morgan fingerprint density at radius 3 is 2.64 bits per heavy atom. The number of aromatic amines is 1. The van der Waals surface area contributed by atoms with Gasteiger partial charge < -0.3 is 10.5 Å². The number of aromatic nitrogens is 3. The molecule has 0 radical (unpaired) electrons. The molecule has 128 valence electrons. The molecule has 0 aliphatic heterocycles. The third-order valence-corrected chi connectivity index (χ3v) is 3.66. The summed E-state index contributed by atoms with van der Waals surface area (Å²) in [5, 5.41) is 17.8. The van der Waals surface area contributed by atoms with E-state index in [1.807, 2.05) is 0 Å². The van der Waals surface area contributed by atoms with E-state index in [1.165, 1.54) is 37.4 Å². The Balaban J connectivity index is 1.97. The maximum absolute atomic E-state index is 13.0.